The zero-order valence-corrected chi connectivity index (χ0v) is 17.7. The summed E-state index contributed by atoms with van der Waals surface area (Å²) in [6, 6.07) is 23.0. The average molecular weight is 436 g/mol. The molecular weight excluding hydrogens is 411 g/mol. The number of rotatable bonds is 6. The molecule has 0 N–H and O–H groups in total. The first-order valence-electron chi connectivity index (χ1n) is 10.5. The van der Waals surface area contributed by atoms with Gasteiger partial charge in [-0.05, 0) is 17.2 Å². The van der Waals surface area contributed by atoms with Gasteiger partial charge in [0.15, 0.2) is 11.5 Å². The molecule has 1 heterocycles. The van der Waals surface area contributed by atoms with Crippen molar-refractivity contribution in [2.45, 2.75) is 13.2 Å². The van der Waals surface area contributed by atoms with Gasteiger partial charge in [0.05, 0.1) is 25.4 Å². The summed E-state index contributed by atoms with van der Waals surface area (Å²) >= 11 is 0. The molecule has 166 valence electrons. The molecule has 7 heteroatoms. The van der Waals surface area contributed by atoms with Crippen molar-refractivity contribution >= 4 is 17.5 Å². The van der Waals surface area contributed by atoms with E-state index in [1.165, 1.54) is 17.0 Å². The summed E-state index contributed by atoms with van der Waals surface area (Å²) in [6.45, 7) is 1.20. The van der Waals surface area contributed by atoms with E-state index in [4.69, 9.17) is 9.47 Å². The highest BCUT2D eigenvalue weighted by Gasteiger charge is 2.29. The van der Waals surface area contributed by atoms with E-state index in [1.54, 1.807) is 6.07 Å². The summed E-state index contributed by atoms with van der Waals surface area (Å²) in [4.78, 5) is 14.4. The van der Waals surface area contributed by atoms with Crippen LogP contribution < -0.4 is 9.55 Å². The van der Waals surface area contributed by atoms with Gasteiger partial charge >= 0.3 is 6.09 Å². The number of amides is 1. The van der Waals surface area contributed by atoms with E-state index in [0.717, 1.165) is 11.1 Å². The number of quaternary nitrogens is 1. The molecule has 3 aromatic carbocycles. The number of anilines is 1. The van der Waals surface area contributed by atoms with Crippen LogP contribution in [0, 0.1) is 11.0 Å². The minimum absolute atomic E-state index is 0.0503. The van der Waals surface area contributed by atoms with E-state index < -0.39 is 16.6 Å². The third-order valence-corrected chi connectivity index (χ3v) is 5.48. The third-order valence-electron chi connectivity index (χ3n) is 5.48. The van der Waals surface area contributed by atoms with Crippen molar-refractivity contribution in [1.82, 2.24) is 4.65 Å². The van der Waals surface area contributed by atoms with Gasteiger partial charge in [0.1, 0.15) is 19.7 Å². The van der Waals surface area contributed by atoms with Crippen molar-refractivity contribution in [2.24, 2.45) is 0 Å². The molecule has 6 nitrogen and oxygen atoms in total. The Morgan fingerprint density at radius 1 is 0.969 bits per heavy atom. The van der Waals surface area contributed by atoms with Crippen molar-refractivity contribution < 1.29 is 18.7 Å². The van der Waals surface area contributed by atoms with E-state index in [9.17, 15) is 10.0 Å². The van der Waals surface area contributed by atoms with Crippen LogP contribution in [0.25, 0.3) is 0 Å². The summed E-state index contributed by atoms with van der Waals surface area (Å²) in [5, 5.41) is 13.0. The van der Waals surface area contributed by atoms with E-state index in [1.807, 2.05) is 60.7 Å². The van der Waals surface area contributed by atoms with Crippen LogP contribution >= 0.6 is 0 Å². The molecule has 1 aliphatic heterocycles. The van der Waals surface area contributed by atoms with Gasteiger partial charge in [-0.2, -0.15) is 0 Å². The number of hydrogen-bond donors (Lipinski definition) is 0. The first-order chi connectivity index (χ1) is 15.5. The highest BCUT2D eigenvalue weighted by Crippen LogP contribution is 2.31. The quantitative estimate of drug-likeness (QED) is 0.403. The lowest BCUT2D eigenvalue weighted by Crippen LogP contribution is -2.52. The molecule has 4 rings (SSSR count). The van der Waals surface area contributed by atoms with E-state index >= 15 is 4.39 Å². The summed E-state index contributed by atoms with van der Waals surface area (Å²) < 4.78 is 25.0. The molecule has 1 aliphatic rings. The fourth-order valence-corrected chi connectivity index (χ4v) is 3.70. The van der Waals surface area contributed by atoms with Crippen molar-refractivity contribution in [3.63, 3.8) is 0 Å². The van der Waals surface area contributed by atoms with E-state index in [2.05, 4.69) is 0 Å². The average Bonchev–Trinajstić information content (AvgIpc) is 2.82. The topological polar surface area (TPSA) is 61.8 Å². The predicted molar refractivity (Wildman–Crippen MR) is 121 cm³/mol. The van der Waals surface area contributed by atoms with Crippen molar-refractivity contribution in [2.75, 3.05) is 31.2 Å². The Hall–Kier alpha value is -3.26. The SMILES string of the molecule is O=C(OCc1ccccc1)N(Cc1ccccc1)c1ccc([N+]2([O-])CCOCC2)c(F)c1. The lowest BCUT2D eigenvalue weighted by Gasteiger charge is -2.44. The zero-order valence-electron chi connectivity index (χ0n) is 17.7. The van der Waals surface area contributed by atoms with Crippen LogP contribution in [-0.4, -0.2) is 32.4 Å². The Balaban J connectivity index is 1.58. The Morgan fingerprint density at radius 3 is 2.22 bits per heavy atom. The van der Waals surface area contributed by atoms with Crippen LogP contribution in [0.5, 0.6) is 0 Å². The largest absolute Gasteiger partial charge is 0.627 e. The summed E-state index contributed by atoms with van der Waals surface area (Å²) in [7, 11) is 0. The summed E-state index contributed by atoms with van der Waals surface area (Å²) in [6.07, 6.45) is -0.595. The minimum atomic E-state index is -0.775. The lowest BCUT2D eigenvalue weighted by molar-refractivity contribution is 0.0604. The second-order valence-electron chi connectivity index (χ2n) is 7.70. The number of morpholine rings is 1. The zero-order chi connectivity index (χ0) is 22.4. The van der Waals surface area contributed by atoms with Crippen molar-refractivity contribution in [3.05, 3.63) is 101 Å². The van der Waals surface area contributed by atoms with Gasteiger partial charge in [0.25, 0.3) is 0 Å². The van der Waals surface area contributed by atoms with Gasteiger partial charge < -0.3 is 19.3 Å². The Labute approximate surface area is 186 Å². The predicted octanol–water partition coefficient (Wildman–Crippen LogP) is 5.00. The maximum absolute atomic E-state index is 15.1. The van der Waals surface area contributed by atoms with E-state index in [0.29, 0.717) is 5.69 Å². The Morgan fingerprint density at radius 2 is 1.59 bits per heavy atom. The molecular formula is C25H25FN2O4. The number of hydrogen-bond acceptors (Lipinski definition) is 4. The second kappa shape index (κ2) is 9.91. The number of nitrogens with zero attached hydrogens (tertiary/aromatic N) is 2. The molecule has 1 fully saturated rings. The molecule has 0 bridgehead atoms. The number of carbonyl (C=O) groups excluding carboxylic acids is 1. The monoisotopic (exact) mass is 436 g/mol. The van der Waals surface area contributed by atoms with Gasteiger partial charge in [-0.25, -0.2) is 9.18 Å². The molecule has 1 saturated heterocycles. The van der Waals surface area contributed by atoms with Crippen molar-refractivity contribution in [1.29, 1.82) is 0 Å². The van der Waals surface area contributed by atoms with Crippen LogP contribution in [0.4, 0.5) is 20.6 Å². The normalized spacial score (nSPS) is 15.2. The summed E-state index contributed by atoms with van der Waals surface area (Å²) in [5.41, 5.74) is 2.10. The first-order valence-corrected chi connectivity index (χ1v) is 10.5. The molecule has 0 atom stereocenters. The van der Waals surface area contributed by atoms with Crippen LogP contribution in [0.3, 0.4) is 0 Å². The van der Waals surface area contributed by atoms with Gasteiger partial charge in [-0.3, -0.25) is 4.90 Å². The number of benzene rings is 3. The Bertz CT molecular complexity index is 1040. The fraction of sp³-hybridized carbons (Fsp3) is 0.240. The molecule has 3 aromatic rings. The molecule has 0 unspecified atom stereocenters. The summed E-state index contributed by atoms with van der Waals surface area (Å²) in [5.74, 6) is -0.645. The number of halogens is 1. The van der Waals surface area contributed by atoms with Gasteiger partial charge in [-0.15, -0.1) is 0 Å². The van der Waals surface area contributed by atoms with Gasteiger partial charge in [0.2, 0.25) is 0 Å². The molecule has 0 aromatic heterocycles. The van der Waals surface area contributed by atoms with Crippen LogP contribution in [0.15, 0.2) is 78.9 Å². The molecule has 1 amide bonds. The van der Waals surface area contributed by atoms with E-state index in [-0.39, 0.29) is 45.1 Å². The maximum Gasteiger partial charge on any atom is 0.414 e. The van der Waals surface area contributed by atoms with Crippen LogP contribution in [0.1, 0.15) is 11.1 Å². The van der Waals surface area contributed by atoms with Crippen LogP contribution in [-0.2, 0) is 22.6 Å². The van der Waals surface area contributed by atoms with Crippen LogP contribution in [0.2, 0.25) is 0 Å². The molecule has 32 heavy (non-hydrogen) atoms. The molecule has 0 aliphatic carbocycles. The maximum atomic E-state index is 15.1. The molecule has 0 saturated carbocycles. The molecule has 0 spiro atoms. The smallest absolute Gasteiger partial charge is 0.414 e. The number of hydroxylamine groups is 2. The Kier molecular flexibility index (Phi) is 6.80. The highest BCUT2D eigenvalue weighted by atomic mass is 19.1. The fourth-order valence-electron chi connectivity index (χ4n) is 3.70. The number of ether oxygens (including phenoxy) is 2. The molecule has 0 radical (unpaired) electrons. The second-order valence-corrected chi connectivity index (χ2v) is 7.70. The van der Waals surface area contributed by atoms with Gasteiger partial charge in [-0.1, -0.05) is 60.7 Å². The minimum Gasteiger partial charge on any atom is -0.627 e. The first kappa shape index (κ1) is 22.0. The lowest BCUT2D eigenvalue weighted by atomic mass is 10.2. The van der Waals surface area contributed by atoms with Gasteiger partial charge in [0, 0.05) is 12.1 Å². The highest BCUT2D eigenvalue weighted by molar-refractivity contribution is 5.88. The standard InChI is InChI=1S/C25H25FN2O4/c26-23-17-22(11-12-24(23)28(30)13-15-31-16-14-28)27(18-20-7-3-1-4-8-20)25(29)32-19-21-9-5-2-6-10-21/h1-12,17H,13-16,18-19H2. The number of carbonyl (C=O) groups is 1. The third kappa shape index (κ3) is 5.13. The van der Waals surface area contributed by atoms with Crippen molar-refractivity contribution in [3.8, 4) is 0 Å².